The Labute approximate surface area is 183 Å². The summed E-state index contributed by atoms with van der Waals surface area (Å²) in [5, 5.41) is 0.573. The van der Waals surface area contributed by atoms with Crippen molar-refractivity contribution in [1.82, 2.24) is 4.57 Å². The lowest BCUT2D eigenvalue weighted by atomic mass is 10.2. The van der Waals surface area contributed by atoms with Crippen LogP contribution >= 0.6 is 22.9 Å². The Bertz CT molecular complexity index is 1100. The third-order valence-electron chi connectivity index (χ3n) is 4.30. The molecule has 0 radical (unpaired) electrons. The summed E-state index contributed by atoms with van der Waals surface area (Å²) >= 11 is 7.39. The zero-order chi connectivity index (χ0) is 21.5. The van der Waals surface area contributed by atoms with Crippen LogP contribution in [0, 0.1) is 0 Å². The van der Waals surface area contributed by atoms with E-state index in [1.54, 1.807) is 54.0 Å². The van der Waals surface area contributed by atoms with Crippen LogP contribution in [0.25, 0.3) is 10.2 Å². The summed E-state index contributed by atoms with van der Waals surface area (Å²) in [7, 11) is 0. The normalized spacial score (nSPS) is 11.6. The van der Waals surface area contributed by atoms with Crippen LogP contribution in [0.2, 0.25) is 5.02 Å². The van der Waals surface area contributed by atoms with Gasteiger partial charge in [-0.15, -0.1) is 0 Å². The molecule has 3 aromatic rings. The summed E-state index contributed by atoms with van der Waals surface area (Å²) in [6, 6.07) is 12.2. The van der Waals surface area contributed by atoms with Gasteiger partial charge in [0.1, 0.15) is 12.3 Å². The van der Waals surface area contributed by atoms with Crippen LogP contribution in [-0.2, 0) is 16.1 Å². The smallest absolute Gasteiger partial charge is 0.326 e. The Morgan fingerprint density at radius 2 is 1.90 bits per heavy atom. The largest absolute Gasteiger partial charge is 0.494 e. The lowest BCUT2D eigenvalue weighted by Crippen LogP contribution is -2.23. The summed E-state index contributed by atoms with van der Waals surface area (Å²) in [4.78, 5) is 29.5. The highest BCUT2D eigenvalue weighted by atomic mass is 35.5. The van der Waals surface area contributed by atoms with Crippen molar-refractivity contribution in [2.24, 2.45) is 4.99 Å². The Morgan fingerprint density at radius 1 is 1.13 bits per heavy atom. The predicted octanol–water partition coefficient (Wildman–Crippen LogP) is 4.84. The number of carbonyl (C=O) groups excluding carboxylic acids is 2. The highest BCUT2D eigenvalue weighted by Gasteiger charge is 2.13. The summed E-state index contributed by atoms with van der Waals surface area (Å²) in [6.45, 7) is 4.74. The second-order valence-corrected chi connectivity index (χ2v) is 7.98. The van der Waals surface area contributed by atoms with Crippen molar-refractivity contribution in [1.29, 1.82) is 0 Å². The molecule has 0 bridgehead atoms. The van der Waals surface area contributed by atoms with Crippen LogP contribution in [0.1, 0.15) is 37.0 Å². The number of fused-ring (bicyclic) bond motifs is 1. The minimum absolute atomic E-state index is 0.0359. The Morgan fingerprint density at radius 3 is 2.60 bits per heavy atom. The third kappa shape index (κ3) is 5.49. The molecule has 1 aromatic heterocycles. The van der Waals surface area contributed by atoms with Crippen molar-refractivity contribution < 1.29 is 19.1 Å². The van der Waals surface area contributed by atoms with Gasteiger partial charge in [-0.1, -0.05) is 36.3 Å². The SMILES string of the molecule is CCCCOc1ccc(C(=O)N=c2sc3cc(Cl)ccc3n2CC(=O)OCC)cc1. The first-order chi connectivity index (χ1) is 14.5. The molecular formula is C22H23ClN2O4S. The number of halogens is 1. The Balaban J connectivity index is 1.92. The summed E-state index contributed by atoms with van der Waals surface area (Å²) < 4.78 is 13.2. The number of ether oxygens (including phenoxy) is 2. The summed E-state index contributed by atoms with van der Waals surface area (Å²) in [5.74, 6) is -0.0751. The lowest BCUT2D eigenvalue weighted by Gasteiger charge is -2.06. The highest BCUT2D eigenvalue weighted by Crippen LogP contribution is 2.22. The van der Waals surface area contributed by atoms with Gasteiger partial charge in [0.05, 0.1) is 23.4 Å². The van der Waals surface area contributed by atoms with E-state index in [4.69, 9.17) is 21.1 Å². The fraction of sp³-hybridized carbons (Fsp3) is 0.318. The van der Waals surface area contributed by atoms with Crippen molar-refractivity contribution >= 4 is 45.0 Å². The average Bonchev–Trinajstić information content (AvgIpc) is 3.04. The molecule has 30 heavy (non-hydrogen) atoms. The first-order valence-electron chi connectivity index (χ1n) is 9.78. The van der Waals surface area contributed by atoms with Gasteiger partial charge in [0, 0.05) is 10.6 Å². The molecule has 0 fully saturated rings. The van der Waals surface area contributed by atoms with Gasteiger partial charge in [0.25, 0.3) is 5.91 Å². The molecule has 0 unspecified atom stereocenters. The van der Waals surface area contributed by atoms with Gasteiger partial charge in [-0.2, -0.15) is 4.99 Å². The second kappa shape index (κ2) is 10.4. The van der Waals surface area contributed by atoms with Crippen LogP contribution in [0.5, 0.6) is 5.75 Å². The minimum Gasteiger partial charge on any atom is -0.494 e. The number of carbonyl (C=O) groups is 2. The number of nitrogens with zero attached hydrogens (tertiary/aromatic N) is 2. The maximum Gasteiger partial charge on any atom is 0.326 e. The molecule has 0 saturated carbocycles. The molecule has 2 aromatic carbocycles. The Hall–Kier alpha value is -2.64. The molecular weight excluding hydrogens is 424 g/mol. The van der Waals surface area contributed by atoms with Crippen LogP contribution < -0.4 is 9.54 Å². The standard InChI is InChI=1S/C22H23ClN2O4S/c1-3-5-12-29-17-9-6-15(7-10-17)21(27)24-22-25(14-20(26)28-4-2)18-11-8-16(23)13-19(18)30-22/h6-11,13H,3-5,12,14H2,1-2H3. The molecule has 3 rings (SSSR count). The Kier molecular flexibility index (Phi) is 7.65. The number of rotatable bonds is 8. The van der Waals surface area contributed by atoms with E-state index in [-0.39, 0.29) is 13.2 Å². The van der Waals surface area contributed by atoms with E-state index < -0.39 is 11.9 Å². The van der Waals surface area contributed by atoms with Crippen LogP contribution in [0.4, 0.5) is 0 Å². The predicted molar refractivity (Wildman–Crippen MR) is 118 cm³/mol. The van der Waals surface area contributed by atoms with Crippen molar-refractivity contribution in [3.63, 3.8) is 0 Å². The van der Waals surface area contributed by atoms with Crippen LogP contribution in [0.15, 0.2) is 47.5 Å². The number of unbranched alkanes of at least 4 members (excludes halogenated alkanes) is 1. The highest BCUT2D eigenvalue weighted by molar-refractivity contribution is 7.16. The van der Waals surface area contributed by atoms with E-state index in [1.807, 2.05) is 0 Å². The number of hydrogen-bond acceptors (Lipinski definition) is 5. The molecule has 0 spiro atoms. The maximum atomic E-state index is 12.7. The van der Waals surface area contributed by atoms with Crippen LogP contribution in [-0.4, -0.2) is 29.7 Å². The number of benzene rings is 2. The quantitative estimate of drug-likeness (QED) is 0.366. The molecule has 0 aliphatic carbocycles. The molecule has 0 atom stereocenters. The number of hydrogen-bond donors (Lipinski definition) is 0. The fourth-order valence-electron chi connectivity index (χ4n) is 2.80. The average molecular weight is 447 g/mol. The van der Waals surface area contributed by atoms with E-state index in [0.717, 1.165) is 23.1 Å². The van der Waals surface area contributed by atoms with Gasteiger partial charge in [-0.05, 0) is 55.8 Å². The fourth-order valence-corrected chi connectivity index (χ4v) is 4.10. The van der Waals surface area contributed by atoms with E-state index >= 15 is 0 Å². The monoisotopic (exact) mass is 446 g/mol. The molecule has 6 nitrogen and oxygen atoms in total. The van der Waals surface area contributed by atoms with Crippen molar-refractivity contribution in [2.75, 3.05) is 13.2 Å². The number of aromatic nitrogens is 1. The zero-order valence-corrected chi connectivity index (χ0v) is 18.5. The van der Waals surface area contributed by atoms with E-state index in [2.05, 4.69) is 11.9 Å². The molecule has 1 heterocycles. The minimum atomic E-state index is -0.398. The molecule has 0 saturated heterocycles. The summed E-state index contributed by atoms with van der Waals surface area (Å²) in [5.41, 5.74) is 1.21. The molecule has 158 valence electrons. The number of amides is 1. The third-order valence-corrected chi connectivity index (χ3v) is 5.58. The van der Waals surface area contributed by atoms with E-state index in [1.165, 1.54) is 11.3 Å². The lowest BCUT2D eigenvalue weighted by molar-refractivity contribution is -0.143. The molecule has 1 amide bonds. The first kappa shape index (κ1) is 22.1. The van der Waals surface area contributed by atoms with Gasteiger partial charge >= 0.3 is 5.97 Å². The summed E-state index contributed by atoms with van der Waals surface area (Å²) in [6.07, 6.45) is 2.04. The van der Waals surface area contributed by atoms with Gasteiger partial charge < -0.3 is 14.0 Å². The zero-order valence-electron chi connectivity index (χ0n) is 16.9. The van der Waals surface area contributed by atoms with Crippen molar-refractivity contribution in [3.05, 3.63) is 57.9 Å². The van der Waals surface area contributed by atoms with Gasteiger partial charge in [0.15, 0.2) is 4.80 Å². The van der Waals surface area contributed by atoms with Gasteiger partial charge in [-0.3, -0.25) is 9.59 Å². The number of thiazole rings is 1. The maximum absolute atomic E-state index is 12.7. The molecule has 0 aliphatic heterocycles. The topological polar surface area (TPSA) is 69.9 Å². The molecule has 0 N–H and O–H groups in total. The van der Waals surface area contributed by atoms with Crippen LogP contribution in [0.3, 0.4) is 0 Å². The van der Waals surface area contributed by atoms with Crippen molar-refractivity contribution in [3.8, 4) is 5.75 Å². The molecule has 0 aliphatic rings. The van der Waals surface area contributed by atoms with Gasteiger partial charge in [0.2, 0.25) is 0 Å². The second-order valence-electron chi connectivity index (χ2n) is 6.53. The van der Waals surface area contributed by atoms with E-state index in [9.17, 15) is 9.59 Å². The van der Waals surface area contributed by atoms with Crippen molar-refractivity contribution in [2.45, 2.75) is 33.2 Å². The number of esters is 1. The van der Waals surface area contributed by atoms with E-state index in [0.29, 0.717) is 27.7 Å². The molecule has 8 heteroatoms. The first-order valence-corrected chi connectivity index (χ1v) is 11.0. The van der Waals surface area contributed by atoms with Gasteiger partial charge in [-0.25, -0.2) is 0 Å².